The van der Waals surface area contributed by atoms with E-state index >= 15 is 0 Å². The average molecular weight is 270 g/mol. The Labute approximate surface area is 117 Å². The van der Waals surface area contributed by atoms with E-state index < -0.39 is 0 Å². The summed E-state index contributed by atoms with van der Waals surface area (Å²) in [5.41, 5.74) is 0. The highest BCUT2D eigenvalue weighted by molar-refractivity contribution is 5.79. The molecule has 5 nitrogen and oxygen atoms in total. The van der Waals surface area contributed by atoms with E-state index in [2.05, 4.69) is 34.4 Å². The lowest BCUT2D eigenvalue weighted by molar-refractivity contribution is 0.114. The van der Waals surface area contributed by atoms with Gasteiger partial charge in [-0.3, -0.25) is 4.99 Å². The Balaban J connectivity index is 2.07. The molecule has 1 rings (SSSR count). The summed E-state index contributed by atoms with van der Waals surface area (Å²) in [4.78, 5) is 6.67. The molecular weight excluding hydrogens is 240 g/mol. The van der Waals surface area contributed by atoms with Gasteiger partial charge >= 0.3 is 0 Å². The van der Waals surface area contributed by atoms with Crippen LogP contribution in [0, 0.1) is 0 Å². The Kier molecular flexibility index (Phi) is 8.58. The number of hydrogen-bond acceptors (Lipinski definition) is 3. The summed E-state index contributed by atoms with van der Waals surface area (Å²) in [5.74, 6) is 0.884. The van der Waals surface area contributed by atoms with E-state index in [0.29, 0.717) is 6.10 Å². The second kappa shape index (κ2) is 10.0. The van der Waals surface area contributed by atoms with E-state index in [1.54, 1.807) is 0 Å². The van der Waals surface area contributed by atoms with E-state index in [1.807, 2.05) is 7.05 Å². The SMILES string of the molecule is CCN(CC)CCCNC(=NC)NCC1CCCO1. The first-order valence-corrected chi connectivity index (χ1v) is 7.58. The zero-order chi connectivity index (χ0) is 13.9. The van der Waals surface area contributed by atoms with Gasteiger partial charge < -0.3 is 20.3 Å². The van der Waals surface area contributed by atoms with Crippen molar-refractivity contribution in [2.75, 3.05) is 46.4 Å². The molecule has 0 aromatic heterocycles. The van der Waals surface area contributed by atoms with Gasteiger partial charge in [0.1, 0.15) is 0 Å². The van der Waals surface area contributed by atoms with Gasteiger partial charge in [-0.1, -0.05) is 13.8 Å². The van der Waals surface area contributed by atoms with E-state index in [4.69, 9.17) is 4.74 Å². The van der Waals surface area contributed by atoms with Crippen molar-refractivity contribution >= 4 is 5.96 Å². The summed E-state index contributed by atoms with van der Waals surface area (Å²) in [7, 11) is 1.81. The number of guanidine groups is 1. The van der Waals surface area contributed by atoms with Gasteiger partial charge in [-0.2, -0.15) is 0 Å². The zero-order valence-electron chi connectivity index (χ0n) is 12.7. The van der Waals surface area contributed by atoms with Crippen LogP contribution >= 0.6 is 0 Å². The molecule has 0 bridgehead atoms. The minimum Gasteiger partial charge on any atom is -0.376 e. The predicted octanol–water partition coefficient (Wildman–Crippen LogP) is 1.06. The lowest BCUT2D eigenvalue weighted by atomic mass is 10.2. The smallest absolute Gasteiger partial charge is 0.191 e. The molecule has 0 aliphatic carbocycles. The Hall–Kier alpha value is -0.810. The van der Waals surface area contributed by atoms with Crippen molar-refractivity contribution in [3.05, 3.63) is 0 Å². The maximum Gasteiger partial charge on any atom is 0.191 e. The molecule has 1 fully saturated rings. The number of ether oxygens (including phenoxy) is 1. The summed E-state index contributed by atoms with van der Waals surface area (Å²) in [6.45, 7) is 10.5. The van der Waals surface area contributed by atoms with Gasteiger partial charge in [0.05, 0.1) is 6.10 Å². The van der Waals surface area contributed by atoms with Crippen LogP contribution in [0.5, 0.6) is 0 Å². The van der Waals surface area contributed by atoms with Crippen molar-refractivity contribution in [1.82, 2.24) is 15.5 Å². The van der Waals surface area contributed by atoms with Gasteiger partial charge in [0, 0.05) is 26.7 Å². The number of aliphatic imine (C=N–C) groups is 1. The Morgan fingerprint density at radius 1 is 1.32 bits per heavy atom. The fourth-order valence-corrected chi connectivity index (χ4v) is 2.29. The molecule has 19 heavy (non-hydrogen) atoms. The summed E-state index contributed by atoms with van der Waals surface area (Å²) in [6.07, 6.45) is 3.84. The van der Waals surface area contributed by atoms with Crippen molar-refractivity contribution in [2.24, 2.45) is 4.99 Å². The summed E-state index contributed by atoms with van der Waals surface area (Å²) in [6, 6.07) is 0. The molecule has 1 unspecified atom stereocenters. The fourth-order valence-electron chi connectivity index (χ4n) is 2.29. The highest BCUT2D eigenvalue weighted by Crippen LogP contribution is 2.10. The molecule has 5 heteroatoms. The van der Waals surface area contributed by atoms with Crippen molar-refractivity contribution in [1.29, 1.82) is 0 Å². The molecule has 0 aromatic carbocycles. The molecule has 1 aliphatic rings. The second-order valence-corrected chi connectivity index (χ2v) is 4.90. The van der Waals surface area contributed by atoms with Crippen molar-refractivity contribution in [2.45, 2.75) is 39.2 Å². The number of nitrogens with one attached hydrogen (secondary N) is 2. The number of hydrogen-bond donors (Lipinski definition) is 2. The molecule has 1 aliphatic heterocycles. The maximum atomic E-state index is 5.58. The van der Waals surface area contributed by atoms with Gasteiger partial charge in [-0.25, -0.2) is 0 Å². The molecule has 0 radical (unpaired) electrons. The minimum atomic E-state index is 0.356. The number of nitrogens with zero attached hydrogens (tertiary/aromatic N) is 2. The summed E-state index contributed by atoms with van der Waals surface area (Å²) in [5, 5.41) is 6.68. The quantitative estimate of drug-likeness (QED) is 0.393. The van der Waals surface area contributed by atoms with Crippen molar-refractivity contribution in [3.63, 3.8) is 0 Å². The minimum absolute atomic E-state index is 0.356. The molecule has 0 saturated carbocycles. The van der Waals surface area contributed by atoms with Crippen LogP contribution in [-0.2, 0) is 4.74 Å². The normalized spacial score (nSPS) is 20.0. The lowest BCUT2D eigenvalue weighted by Crippen LogP contribution is -2.42. The standard InChI is InChI=1S/C14H30N4O/c1-4-18(5-2)10-7-9-16-14(15-3)17-12-13-8-6-11-19-13/h13H,4-12H2,1-3H3,(H2,15,16,17). The third-order valence-electron chi connectivity index (χ3n) is 3.58. The molecule has 0 spiro atoms. The summed E-state index contributed by atoms with van der Waals surface area (Å²) < 4.78 is 5.58. The van der Waals surface area contributed by atoms with Crippen molar-refractivity contribution < 1.29 is 4.74 Å². The third kappa shape index (κ3) is 6.78. The fraction of sp³-hybridized carbons (Fsp3) is 0.929. The van der Waals surface area contributed by atoms with Crippen LogP contribution in [0.4, 0.5) is 0 Å². The molecule has 1 saturated heterocycles. The van der Waals surface area contributed by atoms with Crippen LogP contribution in [0.25, 0.3) is 0 Å². The van der Waals surface area contributed by atoms with Crippen LogP contribution in [0.3, 0.4) is 0 Å². The van der Waals surface area contributed by atoms with E-state index in [1.165, 1.54) is 6.42 Å². The average Bonchev–Trinajstić information content (AvgIpc) is 2.95. The van der Waals surface area contributed by atoms with Gasteiger partial charge in [0.2, 0.25) is 0 Å². The topological polar surface area (TPSA) is 48.9 Å². The lowest BCUT2D eigenvalue weighted by Gasteiger charge is -2.19. The second-order valence-electron chi connectivity index (χ2n) is 4.90. The van der Waals surface area contributed by atoms with Crippen LogP contribution in [0.1, 0.15) is 33.1 Å². The van der Waals surface area contributed by atoms with Crippen LogP contribution in [0.2, 0.25) is 0 Å². The maximum absolute atomic E-state index is 5.58. The first-order chi connectivity index (χ1) is 9.30. The molecule has 2 N–H and O–H groups in total. The van der Waals surface area contributed by atoms with Crippen LogP contribution in [0.15, 0.2) is 4.99 Å². The molecule has 112 valence electrons. The Morgan fingerprint density at radius 3 is 2.68 bits per heavy atom. The molecule has 1 atom stereocenters. The van der Waals surface area contributed by atoms with E-state index in [0.717, 1.165) is 58.1 Å². The number of rotatable bonds is 8. The van der Waals surface area contributed by atoms with E-state index in [-0.39, 0.29) is 0 Å². The van der Waals surface area contributed by atoms with E-state index in [9.17, 15) is 0 Å². The zero-order valence-corrected chi connectivity index (χ0v) is 12.7. The van der Waals surface area contributed by atoms with Crippen LogP contribution < -0.4 is 10.6 Å². The molecule has 0 amide bonds. The molecule has 1 heterocycles. The highest BCUT2D eigenvalue weighted by Gasteiger charge is 2.15. The summed E-state index contributed by atoms with van der Waals surface area (Å²) >= 11 is 0. The van der Waals surface area contributed by atoms with Gasteiger partial charge in [0.15, 0.2) is 5.96 Å². The Morgan fingerprint density at radius 2 is 2.11 bits per heavy atom. The van der Waals surface area contributed by atoms with Crippen LogP contribution in [-0.4, -0.2) is 63.3 Å². The first-order valence-electron chi connectivity index (χ1n) is 7.58. The Bertz CT molecular complexity index is 248. The third-order valence-corrected chi connectivity index (χ3v) is 3.58. The monoisotopic (exact) mass is 270 g/mol. The van der Waals surface area contributed by atoms with Gasteiger partial charge in [-0.05, 0) is 38.9 Å². The van der Waals surface area contributed by atoms with Gasteiger partial charge in [-0.15, -0.1) is 0 Å². The molecular formula is C14H30N4O. The largest absolute Gasteiger partial charge is 0.376 e. The molecule has 0 aromatic rings. The highest BCUT2D eigenvalue weighted by atomic mass is 16.5. The van der Waals surface area contributed by atoms with Crippen molar-refractivity contribution in [3.8, 4) is 0 Å². The predicted molar refractivity (Wildman–Crippen MR) is 80.7 cm³/mol. The van der Waals surface area contributed by atoms with Gasteiger partial charge in [0.25, 0.3) is 0 Å². The first kappa shape index (κ1) is 16.2.